The van der Waals surface area contributed by atoms with Crippen LogP contribution in [0.5, 0.6) is 5.75 Å². The van der Waals surface area contributed by atoms with Crippen molar-refractivity contribution in [1.29, 1.82) is 0 Å². The predicted octanol–water partition coefficient (Wildman–Crippen LogP) is 8.37. The van der Waals surface area contributed by atoms with E-state index >= 15 is 8.78 Å². The van der Waals surface area contributed by atoms with E-state index in [1.807, 2.05) is 13.0 Å². The number of carbonyl (C=O) groups excluding carboxylic acids is 1. The van der Waals surface area contributed by atoms with Gasteiger partial charge in [0.05, 0.1) is 12.2 Å². The highest BCUT2D eigenvalue weighted by atomic mass is 19.2. The zero-order valence-electron chi connectivity index (χ0n) is 21.4. The standard InChI is InChI=1S/C30H34F4O3/c1-3-5-18-6-8-19(9-7-18)22-14-15-23(27(32)26(22)31)20-10-12-21(13-11-20)37-30(35)24-16-17-25(36-4-2)29(34)28(24)33/h3,5,14-21H,4,6-13H2,1-2H3. The van der Waals surface area contributed by atoms with E-state index in [0.29, 0.717) is 42.7 Å². The predicted molar refractivity (Wildman–Crippen MR) is 134 cm³/mol. The van der Waals surface area contributed by atoms with Crippen molar-refractivity contribution < 1.29 is 31.8 Å². The van der Waals surface area contributed by atoms with Crippen molar-refractivity contribution in [3.63, 3.8) is 0 Å². The summed E-state index contributed by atoms with van der Waals surface area (Å²) in [6.07, 6.45) is 9.25. The lowest BCUT2D eigenvalue weighted by atomic mass is 9.77. The first-order chi connectivity index (χ1) is 17.8. The van der Waals surface area contributed by atoms with Gasteiger partial charge < -0.3 is 9.47 Å². The molecule has 0 aromatic heterocycles. The summed E-state index contributed by atoms with van der Waals surface area (Å²) in [7, 11) is 0. The van der Waals surface area contributed by atoms with Crippen LogP contribution in [0.25, 0.3) is 0 Å². The molecule has 200 valence electrons. The van der Waals surface area contributed by atoms with Gasteiger partial charge in [0, 0.05) is 0 Å². The number of rotatable bonds is 7. The number of allylic oxidation sites excluding steroid dienone is 2. The summed E-state index contributed by atoms with van der Waals surface area (Å²) in [5, 5.41) is 0. The number of hydrogen-bond acceptors (Lipinski definition) is 3. The first-order valence-corrected chi connectivity index (χ1v) is 13.3. The molecule has 0 spiro atoms. The van der Waals surface area contributed by atoms with Gasteiger partial charge in [-0.2, -0.15) is 4.39 Å². The van der Waals surface area contributed by atoms with E-state index in [0.717, 1.165) is 31.7 Å². The zero-order valence-corrected chi connectivity index (χ0v) is 21.4. The van der Waals surface area contributed by atoms with Gasteiger partial charge in [0.25, 0.3) is 0 Å². The molecule has 4 rings (SSSR count). The van der Waals surface area contributed by atoms with E-state index in [-0.39, 0.29) is 24.2 Å². The molecule has 2 aliphatic rings. The topological polar surface area (TPSA) is 35.5 Å². The summed E-state index contributed by atoms with van der Waals surface area (Å²) < 4.78 is 69.1. The molecule has 0 heterocycles. The summed E-state index contributed by atoms with van der Waals surface area (Å²) in [5.41, 5.74) is 0.326. The lowest BCUT2D eigenvalue weighted by Crippen LogP contribution is -2.25. The van der Waals surface area contributed by atoms with E-state index in [2.05, 4.69) is 6.08 Å². The van der Waals surface area contributed by atoms with Crippen molar-refractivity contribution in [2.45, 2.75) is 83.2 Å². The maximum atomic E-state index is 15.1. The van der Waals surface area contributed by atoms with Gasteiger partial charge in [0.2, 0.25) is 5.82 Å². The molecule has 2 aromatic rings. The second-order valence-electron chi connectivity index (χ2n) is 10.1. The lowest BCUT2D eigenvalue weighted by Gasteiger charge is -2.30. The van der Waals surface area contributed by atoms with Gasteiger partial charge in [-0.25, -0.2) is 18.0 Å². The fourth-order valence-corrected chi connectivity index (χ4v) is 5.77. The Morgan fingerprint density at radius 3 is 1.92 bits per heavy atom. The van der Waals surface area contributed by atoms with E-state index < -0.39 is 40.9 Å². The van der Waals surface area contributed by atoms with E-state index in [9.17, 15) is 13.6 Å². The molecule has 2 aromatic carbocycles. The van der Waals surface area contributed by atoms with Crippen LogP contribution in [0.2, 0.25) is 0 Å². The molecule has 2 saturated carbocycles. The minimum absolute atomic E-state index is 0.0352. The minimum atomic E-state index is -1.31. The Kier molecular flexibility index (Phi) is 8.93. The minimum Gasteiger partial charge on any atom is -0.491 e. The van der Waals surface area contributed by atoms with Crippen LogP contribution in [0.3, 0.4) is 0 Å². The van der Waals surface area contributed by atoms with E-state index in [1.165, 1.54) is 6.07 Å². The second kappa shape index (κ2) is 12.1. The Morgan fingerprint density at radius 2 is 1.38 bits per heavy atom. The Morgan fingerprint density at radius 1 is 0.811 bits per heavy atom. The molecule has 2 aliphatic carbocycles. The molecule has 0 N–H and O–H groups in total. The number of halogens is 4. The molecule has 0 amide bonds. The van der Waals surface area contributed by atoms with Crippen molar-refractivity contribution in [2.24, 2.45) is 5.92 Å². The maximum absolute atomic E-state index is 15.1. The van der Waals surface area contributed by atoms with Crippen LogP contribution in [0, 0.1) is 29.2 Å². The Hall–Kier alpha value is -2.83. The first kappa shape index (κ1) is 27.2. The van der Waals surface area contributed by atoms with Gasteiger partial charge in [0.1, 0.15) is 6.10 Å². The quantitative estimate of drug-likeness (QED) is 0.210. The van der Waals surface area contributed by atoms with Crippen molar-refractivity contribution in [3.05, 3.63) is 76.4 Å². The first-order valence-electron chi connectivity index (χ1n) is 13.3. The van der Waals surface area contributed by atoms with E-state index in [1.54, 1.807) is 19.1 Å². The van der Waals surface area contributed by atoms with Crippen LogP contribution in [0.1, 0.15) is 98.5 Å². The molecule has 0 atom stereocenters. The Labute approximate surface area is 215 Å². The number of ether oxygens (including phenoxy) is 2. The maximum Gasteiger partial charge on any atom is 0.341 e. The SMILES string of the molecule is CC=CC1CCC(c2ccc(C3CCC(OC(=O)c4ccc(OCC)c(F)c4F)CC3)c(F)c2F)CC1. The van der Waals surface area contributed by atoms with Gasteiger partial charge in [-0.05, 0) is 106 Å². The largest absolute Gasteiger partial charge is 0.491 e. The monoisotopic (exact) mass is 518 g/mol. The molecule has 0 bridgehead atoms. The molecular formula is C30H34F4O3. The Bertz CT molecular complexity index is 1130. The number of esters is 1. The summed E-state index contributed by atoms with van der Waals surface area (Å²) >= 11 is 0. The van der Waals surface area contributed by atoms with Crippen LogP contribution in [-0.4, -0.2) is 18.7 Å². The average Bonchev–Trinajstić information content (AvgIpc) is 2.90. The summed E-state index contributed by atoms with van der Waals surface area (Å²) in [6.45, 7) is 3.80. The van der Waals surface area contributed by atoms with Crippen molar-refractivity contribution in [1.82, 2.24) is 0 Å². The molecule has 7 heteroatoms. The lowest BCUT2D eigenvalue weighted by molar-refractivity contribution is 0.0188. The van der Waals surface area contributed by atoms with Gasteiger partial charge in [0.15, 0.2) is 23.2 Å². The third-order valence-corrected chi connectivity index (χ3v) is 7.77. The molecule has 0 saturated heterocycles. The number of benzene rings is 2. The summed E-state index contributed by atoms with van der Waals surface area (Å²) in [4.78, 5) is 12.5. The van der Waals surface area contributed by atoms with Crippen molar-refractivity contribution in [3.8, 4) is 5.75 Å². The fraction of sp³-hybridized carbons (Fsp3) is 0.500. The molecule has 2 fully saturated rings. The summed E-state index contributed by atoms with van der Waals surface area (Å²) in [6, 6.07) is 5.79. The second-order valence-corrected chi connectivity index (χ2v) is 10.1. The number of hydrogen-bond donors (Lipinski definition) is 0. The molecular weight excluding hydrogens is 484 g/mol. The summed E-state index contributed by atoms with van der Waals surface area (Å²) in [5.74, 6) is -4.91. The smallest absolute Gasteiger partial charge is 0.341 e. The molecule has 0 unspecified atom stereocenters. The molecule has 37 heavy (non-hydrogen) atoms. The highest BCUT2D eigenvalue weighted by Gasteiger charge is 2.31. The van der Waals surface area contributed by atoms with Crippen LogP contribution < -0.4 is 4.74 Å². The van der Waals surface area contributed by atoms with Gasteiger partial charge >= 0.3 is 5.97 Å². The van der Waals surface area contributed by atoms with E-state index in [4.69, 9.17) is 9.47 Å². The zero-order chi connectivity index (χ0) is 26.5. The van der Waals surface area contributed by atoms with Crippen molar-refractivity contribution in [2.75, 3.05) is 6.61 Å². The molecule has 3 nitrogen and oxygen atoms in total. The third kappa shape index (κ3) is 6.02. The van der Waals surface area contributed by atoms with Crippen LogP contribution in [0.4, 0.5) is 17.6 Å². The highest BCUT2D eigenvalue weighted by molar-refractivity contribution is 5.90. The van der Waals surface area contributed by atoms with Gasteiger partial charge in [-0.1, -0.05) is 24.3 Å². The van der Waals surface area contributed by atoms with Crippen LogP contribution >= 0.6 is 0 Å². The highest BCUT2D eigenvalue weighted by Crippen LogP contribution is 2.41. The van der Waals surface area contributed by atoms with Crippen LogP contribution in [-0.2, 0) is 4.74 Å². The van der Waals surface area contributed by atoms with Gasteiger partial charge in [-0.3, -0.25) is 0 Å². The van der Waals surface area contributed by atoms with Gasteiger partial charge in [-0.15, -0.1) is 0 Å². The van der Waals surface area contributed by atoms with Crippen LogP contribution in [0.15, 0.2) is 36.4 Å². The van der Waals surface area contributed by atoms with Crippen molar-refractivity contribution >= 4 is 5.97 Å². The number of carbonyl (C=O) groups is 1. The Balaban J connectivity index is 1.36. The third-order valence-electron chi connectivity index (χ3n) is 7.77. The molecule has 0 radical (unpaired) electrons. The normalized spacial score (nSPS) is 24.3. The average molecular weight is 519 g/mol. The fourth-order valence-electron chi connectivity index (χ4n) is 5.77. The molecule has 0 aliphatic heterocycles.